The second kappa shape index (κ2) is 10.9. The van der Waals surface area contributed by atoms with E-state index >= 15 is 0 Å². The molecule has 4 aliphatic carbocycles. The van der Waals surface area contributed by atoms with Crippen LogP contribution in [0.3, 0.4) is 0 Å². The molecule has 11 heteroatoms. The zero-order valence-corrected chi connectivity index (χ0v) is 24.4. The maximum Gasteiger partial charge on any atom is 0.218 e. The molecule has 3 unspecified atom stereocenters. The van der Waals surface area contributed by atoms with Gasteiger partial charge in [-0.2, -0.15) is 0 Å². The highest BCUT2D eigenvalue weighted by molar-refractivity contribution is 7.81. The van der Waals surface area contributed by atoms with Crippen LogP contribution in [0.2, 0.25) is 0 Å². The lowest BCUT2D eigenvalue weighted by Gasteiger charge is -2.59. The lowest BCUT2D eigenvalue weighted by molar-refractivity contribution is -0.0844. The number of hydrogen-bond acceptors (Lipinski definition) is 9. The Morgan fingerprint density at radius 1 is 1.11 bits per heavy atom. The molecule has 0 aromatic carbocycles. The third-order valence-electron chi connectivity index (χ3n) is 10.3. The normalized spacial score (nSPS) is 40.5. The summed E-state index contributed by atoms with van der Waals surface area (Å²) in [5.74, 6) is 1.58. The van der Waals surface area contributed by atoms with Crippen molar-refractivity contribution in [2.24, 2.45) is 46.3 Å². The summed E-state index contributed by atoms with van der Waals surface area (Å²) >= 11 is 0. The van der Waals surface area contributed by atoms with E-state index in [1.54, 1.807) is 0 Å². The van der Waals surface area contributed by atoms with E-state index in [0.717, 1.165) is 44.1 Å². The van der Waals surface area contributed by atoms with Gasteiger partial charge in [0.25, 0.3) is 0 Å². The Balaban J connectivity index is 1.56. The van der Waals surface area contributed by atoms with Crippen molar-refractivity contribution in [3.8, 4) is 0 Å². The van der Waals surface area contributed by atoms with E-state index in [1.807, 2.05) is 0 Å². The average molecular weight is 575 g/mol. The molecule has 0 bridgehead atoms. The zero-order chi connectivity index (χ0) is 28.1. The number of rotatable bonds is 9. The highest BCUT2D eigenvalue weighted by Gasteiger charge is 2.60. The minimum atomic E-state index is -4.91. The molecule has 0 aliphatic heterocycles. The van der Waals surface area contributed by atoms with E-state index in [2.05, 4.69) is 50.1 Å². The van der Waals surface area contributed by atoms with Gasteiger partial charge in [0, 0.05) is 5.92 Å². The lowest BCUT2D eigenvalue weighted by atomic mass is 9.46. The summed E-state index contributed by atoms with van der Waals surface area (Å²) in [5, 5.41) is 10.8. The van der Waals surface area contributed by atoms with Gasteiger partial charge in [0.1, 0.15) is 6.10 Å². The molecular formula is C27H42O9S2-2. The van der Waals surface area contributed by atoms with Gasteiger partial charge >= 0.3 is 0 Å². The maximum absolute atomic E-state index is 11.3. The Labute approximate surface area is 228 Å². The van der Waals surface area contributed by atoms with Crippen molar-refractivity contribution in [1.29, 1.82) is 0 Å². The molecule has 0 amide bonds. The number of allylic oxidation sites excluding steroid dienone is 2. The second-order valence-corrected chi connectivity index (χ2v) is 15.0. The first-order chi connectivity index (χ1) is 17.5. The third-order valence-corrected chi connectivity index (χ3v) is 11.2. The summed E-state index contributed by atoms with van der Waals surface area (Å²) in [6, 6.07) is 0. The van der Waals surface area contributed by atoms with Crippen molar-refractivity contribution in [3.63, 3.8) is 0 Å². The Kier molecular flexibility index (Phi) is 8.62. The summed E-state index contributed by atoms with van der Waals surface area (Å²) in [4.78, 5) is 0. The molecule has 0 saturated heterocycles. The molecule has 3 fully saturated rings. The van der Waals surface area contributed by atoms with Crippen LogP contribution < -0.4 is 0 Å². The topological polar surface area (TPSA) is 153 Å². The monoisotopic (exact) mass is 574 g/mol. The predicted molar refractivity (Wildman–Crippen MR) is 139 cm³/mol. The van der Waals surface area contributed by atoms with Crippen molar-refractivity contribution in [3.05, 3.63) is 23.8 Å². The number of hydrogen-bond donors (Lipinski definition) is 1. The largest absolute Gasteiger partial charge is 0.726 e. The maximum atomic E-state index is 11.3. The van der Waals surface area contributed by atoms with E-state index in [9.17, 15) is 31.0 Å². The van der Waals surface area contributed by atoms with Crippen LogP contribution in [0.15, 0.2) is 23.8 Å². The van der Waals surface area contributed by atoms with Crippen molar-refractivity contribution in [1.82, 2.24) is 0 Å². The van der Waals surface area contributed by atoms with Crippen LogP contribution in [-0.2, 0) is 29.2 Å². The van der Waals surface area contributed by atoms with Gasteiger partial charge in [-0.15, -0.1) is 0 Å². The first kappa shape index (κ1) is 30.1. The summed E-state index contributed by atoms with van der Waals surface area (Å²) in [6.45, 7) is 8.56. The van der Waals surface area contributed by atoms with Crippen LogP contribution in [-0.4, -0.2) is 49.9 Å². The fraction of sp³-hybridized carbons (Fsp3) is 0.852. The lowest BCUT2D eigenvalue weighted by Crippen LogP contribution is -2.53. The first-order valence-corrected chi connectivity index (χ1v) is 16.5. The Morgan fingerprint density at radius 3 is 2.45 bits per heavy atom. The molecule has 4 rings (SSSR count). The minimum absolute atomic E-state index is 0.0404. The van der Waals surface area contributed by atoms with Crippen molar-refractivity contribution < 1.29 is 39.4 Å². The molecule has 0 aromatic heterocycles. The average Bonchev–Trinajstić information content (AvgIpc) is 3.12. The quantitative estimate of drug-likeness (QED) is 0.244. The van der Waals surface area contributed by atoms with Crippen LogP contribution in [0.5, 0.6) is 0 Å². The highest BCUT2D eigenvalue weighted by Crippen LogP contribution is 2.67. The smallest absolute Gasteiger partial charge is 0.218 e. The highest BCUT2D eigenvalue weighted by atomic mass is 32.3. The van der Waals surface area contributed by atoms with Crippen LogP contribution in [0.4, 0.5) is 0 Å². The fourth-order valence-corrected chi connectivity index (χ4v) is 9.48. The molecule has 0 spiro atoms. The van der Waals surface area contributed by atoms with Gasteiger partial charge in [0.2, 0.25) is 20.8 Å². The van der Waals surface area contributed by atoms with Gasteiger partial charge in [0.05, 0.1) is 12.7 Å². The number of aliphatic hydroxyl groups is 1. The Morgan fingerprint density at radius 2 is 1.82 bits per heavy atom. The molecule has 4 aliphatic rings. The van der Waals surface area contributed by atoms with Gasteiger partial charge in [0.15, 0.2) is 0 Å². The van der Waals surface area contributed by atoms with E-state index in [1.165, 1.54) is 0 Å². The number of fused-ring (bicyclic) bond motifs is 5. The molecule has 0 heterocycles. The van der Waals surface area contributed by atoms with Crippen LogP contribution >= 0.6 is 0 Å². The van der Waals surface area contributed by atoms with Crippen LogP contribution in [0, 0.1) is 46.3 Å². The fourth-order valence-electron chi connectivity index (χ4n) is 8.66. The van der Waals surface area contributed by atoms with E-state index in [-0.39, 0.29) is 35.7 Å². The van der Waals surface area contributed by atoms with E-state index in [4.69, 9.17) is 4.18 Å². The summed E-state index contributed by atoms with van der Waals surface area (Å²) < 4.78 is 76.9. The summed E-state index contributed by atoms with van der Waals surface area (Å²) in [6.07, 6.45) is 10.3. The van der Waals surface area contributed by atoms with Crippen molar-refractivity contribution in [2.75, 3.05) is 6.61 Å². The molecule has 9 atom stereocenters. The molecule has 218 valence electrons. The van der Waals surface area contributed by atoms with Gasteiger partial charge in [-0.25, -0.2) is 16.8 Å². The van der Waals surface area contributed by atoms with Crippen LogP contribution in [0.1, 0.15) is 79.1 Å². The van der Waals surface area contributed by atoms with Gasteiger partial charge in [-0.1, -0.05) is 51.5 Å². The second-order valence-electron chi connectivity index (χ2n) is 12.9. The van der Waals surface area contributed by atoms with E-state index in [0.29, 0.717) is 30.1 Å². The number of aliphatic hydroxyl groups excluding tert-OH is 1. The molecule has 0 aromatic rings. The summed E-state index contributed by atoms with van der Waals surface area (Å²) in [7, 11) is -9.69. The van der Waals surface area contributed by atoms with Crippen molar-refractivity contribution >= 4 is 20.8 Å². The third kappa shape index (κ3) is 6.24. The minimum Gasteiger partial charge on any atom is -0.726 e. The molecule has 3 saturated carbocycles. The van der Waals surface area contributed by atoms with Crippen LogP contribution in [0.25, 0.3) is 0 Å². The zero-order valence-electron chi connectivity index (χ0n) is 22.7. The molecule has 38 heavy (non-hydrogen) atoms. The van der Waals surface area contributed by atoms with Gasteiger partial charge in [-0.05, 0) is 91.8 Å². The van der Waals surface area contributed by atoms with Gasteiger partial charge < -0.3 is 14.2 Å². The Hall–Kier alpha value is -0.820. The predicted octanol–water partition coefficient (Wildman–Crippen LogP) is 4.08. The first-order valence-electron chi connectivity index (χ1n) is 13.8. The SMILES string of the molecule is CC(C)C/C=C/[C@@H](COS(=O)(=O)[O-])[C@H]1CCC2C3CC=C4C[C@H](OS(=O)(=O)[O-])[C@@H](O)C[C@]4(C)C3CC[C@@]21C. The summed E-state index contributed by atoms with van der Waals surface area (Å²) in [5.41, 5.74) is 0.727. The Bertz CT molecular complexity index is 1150. The molecule has 1 N–H and O–H groups in total. The standard InChI is InChI=1S/C27H44O9S2/c1-17(2)6-5-7-18(16-35-37(29,30)31)21-10-11-22-20-9-8-19-14-25(36-38(32,33)34)24(28)15-27(19,4)23(20)12-13-26(21,22)3/h5,7-8,17-18,20-25,28H,6,9-16H2,1-4H3,(H,29,30,31)(H,32,33,34)/p-2/b7-5+/t18-,20?,21+,22?,23?,24-,25-,26+,27-/m0/s1. The molecule has 0 radical (unpaired) electrons. The van der Waals surface area contributed by atoms with E-state index < -0.39 is 33.0 Å². The molecular weight excluding hydrogens is 532 g/mol. The van der Waals surface area contributed by atoms with Gasteiger partial charge in [-0.3, -0.25) is 8.37 Å². The molecule has 9 nitrogen and oxygen atoms in total. The van der Waals surface area contributed by atoms with Crippen molar-refractivity contribution in [2.45, 2.75) is 91.3 Å².